The number of aromatic nitrogens is 1. The van der Waals surface area contributed by atoms with Crippen molar-refractivity contribution in [3.05, 3.63) is 94.4 Å². The fourth-order valence-electron chi connectivity index (χ4n) is 3.82. The second-order valence-corrected chi connectivity index (χ2v) is 9.07. The summed E-state index contributed by atoms with van der Waals surface area (Å²) in [5.74, 6) is -0.438. The number of hydrogen-bond acceptors (Lipinski definition) is 8. The highest BCUT2D eigenvalue weighted by molar-refractivity contribution is 7.07. The maximum atomic E-state index is 13.5. The van der Waals surface area contributed by atoms with Gasteiger partial charge in [-0.1, -0.05) is 49.4 Å². The minimum atomic E-state index is -0.718. The van der Waals surface area contributed by atoms with Gasteiger partial charge in [-0.15, -0.1) is 0 Å². The molecule has 0 fully saturated rings. The molecule has 0 N–H and O–H groups in total. The van der Waals surface area contributed by atoms with Crippen molar-refractivity contribution in [3.8, 4) is 0 Å². The van der Waals surface area contributed by atoms with Crippen molar-refractivity contribution in [2.24, 2.45) is 4.99 Å². The highest BCUT2D eigenvalue weighted by atomic mass is 32.1. The SMILES string of the molecule is CCOC(=O)C1=C(C)N=c2s/c(=C\c3ccc([N+](=O)[O-])o3)c(=O)n2C1c1ccc(C(C)C)cc1. The summed E-state index contributed by atoms with van der Waals surface area (Å²) in [6.45, 7) is 7.80. The number of thiazole rings is 1. The molecule has 9 nitrogen and oxygen atoms in total. The van der Waals surface area contributed by atoms with E-state index >= 15 is 0 Å². The zero-order valence-electron chi connectivity index (χ0n) is 19.1. The van der Waals surface area contributed by atoms with Gasteiger partial charge < -0.3 is 9.15 Å². The summed E-state index contributed by atoms with van der Waals surface area (Å²) in [4.78, 5) is 41.6. The Bertz CT molecular complexity index is 1470. The lowest BCUT2D eigenvalue weighted by Crippen LogP contribution is -2.39. The lowest BCUT2D eigenvalue weighted by Gasteiger charge is -2.25. The van der Waals surface area contributed by atoms with Gasteiger partial charge in [0.2, 0.25) is 0 Å². The molecular weight excluding hydrogens is 458 g/mol. The van der Waals surface area contributed by atoms with Crippen molar-refractivity contribution in [1.82, 2.24) is 4.57 Å². The average Bonchev–Trinajstić information content (AvgIpc) is 3.38. The third-order valence-corrected chi connectivity index (χ3v) is 6.48. The molecule has 1 aliphatic heterocycles. The Morgan fingerprint density at radius 1 is 1.29 bits per heavy atom. The molecule has 0 saturated carbocycles. The summed E-state index contributed by atoms with van der Waals surface area (Å²) in [6, 6.07) is 9.71. The van der Waals surface area contributed by atoms with Crippen LogP contribution < -0.4 is 14.9 Å². The molecule has 0 saturated heterocycles. The van der Waals surface area contributed by atoms with Crippen molar-refractivity contribution in [2.45, 2.75) is 39.7 Å². The Balaban J connectivity index is 1.91. The van der Waals surface area contributed by atoms with Gasteiger partial charge in [-0.25, -0.2) is 9.79 Å². The van der Waals surface area contributed by atoms with Crippen LogP contribution in [0.5, 0.6) is 0 Å². The molecule has 1 aliphatic rings. The van der Waals surface area contributed by atoms with Crippen LogP contribution in [-0.4, -0.2) is 22.1 Å². The molecule has 0 amide bonds. The number of benzene rings is 1. The topological polar surface area (TPSA) is 117 Å². The molecule has 2 aromatic heterocycles. The van der Waals surface area contributed by atoms with Crippen molar-refractivity contribution in [1.29, 1.82) is 0 Å². The van der Waals surface area contributed by atoms with Crippen molar-refractivity contribution in [2.75, 3.05) is 6.61 Å². The Labute approximate surface area is 198 Å². The number of hydrogen-bond donors (Lipinski definition) is 0. The molecule has 4 rings (SSSR count). The van der Waals surface area contributed by atoms with E-state index in [9.17, 15) is 19.7 Å². The second-order valence-electron chi connectivity index (χ2n) is 8.06. The number of carbonyl (C=O) groups is 1. The van der Waals surface area contributed by atoms with Crippen LogP contribution in [0.25, 0.3) is 6.08 Å². The molecule has 1 aromatic carbocycles. The van der Waals surface area contributed by atoms with Gasteiger partial charge in [0.15, 0.2) is 4.80 Å². The van der Waals surface area contributed by atoms with Crippen LogP contribution in [0.4, 0.5) is 5.88 Å². The van der Waals surface area contributed by atoms with E-state index < -0.39 is 22.8 Å². The fraction of sp³-hybridized carbons (Fsp3) is 0.292. The Hall–Kier alpha value is -3.79. The maximum absolute atomic E-state index is 13.5. The van der Waals surface area contributed by atoms with E-state index in [1.165, 1.54) is 22.8 Å². The molecule has 10 heteroatoms. The van der Waals surface area contributed by atoms with Crippen LogP contribution >= 0.6 is 11.3 Å². The zero-order valence-corrected chi connectivity index (χ0v) is 19.9. The van der Waals surface area contributed by atoms with Gasteiger partial charge in [-0.2, -0.15) is 0 Å². The van der Waals surface area contributed by atoms with E-state index in [4.69, 9.17) is 9.15 Å². The Morgan fingerprint density at radius 3 is 2.59 bits per heavy atom. The average molecular weight is 482 g/mol. The predicted molar refractivity (Wildman–Crippen MR) is 126 cm³/mol. The molecule has 0 bridgehead atoms. The molecular formula is C24H23N3O6S. The quantitative estimate of drug-likeness (QED) is 0.303. The third kappa shape index (κ3) is 4.24. The first-order chi connectivity index (χ1) is 16.2. The summed E-state index contributed by atoms with van der Waals surface area (Å²) in [5, 5.41) is 10.9. The zero-order chi connectivity index (χ0) is 24.6. The number of nitro groups is 1. The molecule has 1 unspecified atom stereocenters. The van der Waals surface area contributed by atoms with E-state index in [0.29, 0.717) is 22.0 Å². The number of rotatable bonds is 6. The second kappa shape index (κ2) is 9.22. The van der Waals surface area contributed by atoms with E-state index in [-0.39, 0.29) is 22.5 Å². The molecule has 3 aromatic rings. The summed E-state index contributed by atoms with van der Waals surface area (Å²) in [6.07, 6.45) is 1.44. The number of nitrogens with zero attached hydrogens (tertiary/aromatic N) is 3. The number of allylic oxidation sites excluding steroid dienone is 1. The van der Waals surface area contributed by atoms with Crippen LogP contribution in [0.3, 0.4) is 0 Å². The molecule has 34 heavy (non-hydrogen) atoms. The maximum Gasteiger partial charge on any atom is 0.433 e. The molecule has 0 spiro atoms. The van der Waals surface area contributed by atoms with Gasteiger partial charge in [-0.3, -0.25) is 19.5 Å². The summed E-state index contributed by atoms with van der Waals surface area (Å²) >= 11 is 1.12. The number of fused-ring (bicyclic) bond motifs is 1. The molecule has 176 valence electrons. The smallest absolute Gasteiger partial charge is 0.433 e. The van der Waals surface area contributed by atoms with Gasteiger partial charge >= 0.3 is 11.9 Å². The van der Waals surface area contributed by atoms with Crippen LogP contribution in [0.15, 0.2) is 61.9 Å². The third-order valence-electron chi connectivity index (χ3n) is 5.50. The predicted octanol–water partition coefficient (Wildman–Crippen LogP) is 3.42. The fourth-order valence-corrected chi connectivity index (χ4v) is 4.84. The lowest BCUT2D eigenvalue weighted by molar-refractivity contribution is -0.402. The first-order valence-electron chi connectivity index (χ1n) is 10.7. The number of furan rings is 1. The van der Waals surface area contributed by atoms with Gasteiger partial charge in [0.05, 0.1) is 34.5 Å². The number of esters is 1. The standard InChI is InChI=1S/C24H23N3O6S/c1-5-32-23(29)20-14(4)25-24-26(21(20)16-8-6-15(7-9-16)13(2)3)22(28)18(34-24)12-17-10-11-19(33-17)27(30)31/h6-13,21H,5H2,1-4H3/b18-12-. The highest BCUT2D eigenvalue weighted by Gasteiger charge is 2.33. The Morgan fingerprint density at radius 2 is 2.00 bits per heavy atom. The van der Waals surface area contributed by atoms with Crippen LogP contribution in [0, 0.1) is 10.1 Å². The van der Waals surface area contributed by atoms with Crippen LogP contribution in [0.2, 0.25) is 0 Å². The summed E-state index contributed by atoms with van der Waals surface area (Å²) in [5.41, 5.74) is 2.27. The minimum absolute atomic E-state index is 0.177. The van der Waals surface area contributed by atoms with E-state index in [0.717, 1.165) is 22.5 Å². The summed E-state index contributed by atoms with van der Waals surface area (Å²) < 4.78 is 12.2. The highest BCUT2D eigenvalue weighted by Crippen LogP contribution is 2.31. The van der Waals surface area contributed by atoms with Gasteiger partial charge in [0, 0.05) is 6.08 Å². The van der Waals surface area contributed by atoms with Gasteiger partial charge in [0.25, 0.3) is 5.56 Å². The number of carbonyl (C=O) groups excluding carboxylic acids is 1. The minimum Gasteiger partial charge on any atom is -0.463 e. The van der Waals surface area contributed by atoms with Gasteiger partial charge in [0.1, 0.15) is 10.7 Å². The normalized spacial score (nSPS) is 15.9. The van der Waals surface area contributed by atoms with Crippen molar-refractivity contribution >= 4 is 29.3 Å². The first kappa shape index (κ1) is 23.4. The van der Waals surface area contributed by atoms with Crippen LogP contribution in [-0.2, 0) is 9.53 Å². The largest absolute Gasteiger partial charge is 0.463 e. The van der Waals surface area contributed by atoms with E-state index in [1.807, 2.05) is 24.3 Å². The Kier molecular flexibility index (Phi) is 6.34. The molecule has 1 atom stereocenters. The van der Waals surface area contributed by atoms with E-state index in [1.54, 1.807) is 13.8 Å². The van der Waals surface area contributed by atoms with Crippen LogP contribution in [0.1, 0.15) is 56.5 Å². The molecule has 0 aliphatic carbocycles. The summed E-state index contributed by atoms with van der Waals surface area (Å²) in [7, 11) is 0. The molecule has 3 heterocycles. The monoisotopic (exact) mass is 481 g/mol. The first-order valence-corrected chi connectivity index (χ1v) is 11.6. The van der Waals surface area contributed by atoms with Gasteiger partial charge in [-0.05, 0) is 37.0 Å². The van der Waals surface area contributed by atoms with E-state index in [2.05, 4.69) is 18.8 Å². The number of ether oxygens (including phenoxy) is 1. The van der Waals surface area contributed by atoms with Crippen molar-refractivity contribution in [3.63, 3.8) is 0 Å². The van der Waals surface area contributed by atoms with Crippen molar-refractivity contribution < 1.29 is 18.9 Å². The lowest BCUT2D eigenvalue weighted by atomic mass is 9.93. The molecule has 0 radical (unpaired) electrons.